The lowest BCUT2D eigenvalue weighted by Gasteiger charge is -2.25. The van der Waals surface area contributed by atoms with Crippen molar-refractivity contribution in [2.45, 2.75) is 26.8 Å². The number of aryl methyl sites for hydroxylation is 1. The van der Waals surface area contributed by atoms with E-state index in [1.54, 1.807) is 32.0 Å². The fourth-order valence-corrected chi connectivity index (χ4v) is 3.23. The summed E-state index contributed by atoms with van der Waals surface area (Å²) in [6, 6.07) is 11.8. The summed E-state index contributed by atoms with van der Waals surface area (Å²) in [5, 5.41) is 3.60. The van der Waals surface area contributed by atoms with Gasteiger partial charge in [-0.15, -0.1) is 0 Å². The van der Waals surface area contributed by atoms with Crippen molar-refractivity contribution in [1.29, 1.82) is 0 Å². The van der Waals surface area contributed by atoms with Crippen LogP contribution in [0.25, 0.3) is 11.1 Å². The van der Waals surface area contributed by atoms with Crippen LogP contribution in [-0.4, -0.2) is 30.1 Å². The summed E-state index contributed by atoms with van der Waals surface area (Å²) in [4.78, 5) is 29.8. The number of carbonyl (C=O) groups excluding carboxylic acids is 2. The number of hydrogen-bond donors (Lipinski definition) is 1. The number of fused-ring (bicyclic) bond motifs is 1. The van der Waals surface area contributed by atoms with Gasteiger partial charge in [0.25, 0.3) is 6.01 Å². The van der Waals surface area contributed by atoms with Crippen molar-refractivity contribution in [1.82, 2.24) is 4.98 Å². The molecule has 7 nitrogen and oxygen atoms in total. The van der Waals surface area contributed by atoms with Gasteiger partial charge in [0.15, 0.2) is 11.5 Å². The highest BCUT2D eigenvalue weighted by atomic mass is 35.5. The molecule has 0 aliphatic heterocycles. The van der Waals surface area contributed by atoms with E-state index in [1.807, 2.05) is 31.2 Å². The Bertz CT molecular complexity index is 1010. The van der Waals surface area contributed by atoms with Gasteiger partial charge in [0.1, 0.15) is 5.52 Å². The highest BCUT2D eigenvalue weighted by Crippen LogP contribution is 2.31. The first-order chi connectivity index (χ1) is 14.4. The lowest BCUT2D eigenvalue weighted by Crippen LogP contribution is -2.36. The van der Waals surface area contributed by atoms with E-state index in [-0.39, 0.29) is 19.2 Å². The molecule has 8 heteroatoms. The van der Waals surface area contributed by atoms with E-state index in [4.69, 9.17) is 25.5 Å². The lowest BCUT2D eigenvalue weighted by atomic mass is 9.92. The minimum atomic E-state index is -1.24. The van der Waals surface area contributed by atoms with E-state index in [9.17, 15) is 9.59 Å². The van der Waals surface area contributed by atoms with Gasteiger partial charge in [-0.1, -0.05) is 41.4 Å². The van der Waals surface area contributed by atoms with Gasteiger partial charge < -0.3 is 19.2 Å². The van der Waals surface area contributed by atoms with Crippen LogP contribution in [0.4, 0.5) is 6.01 Å². The molecule has 1 unspecified atom stereocenters. The second-order valence-electron chi connectivity index (χ2n) is 6.65. The molecular weight excluding hydrogens is 408 g/mol. The third kappa shape index (κ3) is 4.91. The molecule has 0 fully saturated rings. The number of halogens is 1. The van der Waals surface area contributed by atoms with E-state index in [0.717, 1.165) is 5.56 Å². The molecule has 3 rings (SSSR count). The van der Waals surface area contributed by atoms with Crippen LogP contribution < -0.4 is 5.32 Å². The Morgan fingerprint density at radius 1 is 1.07 bits per heavy atom. The summed E-state index contributed by atoms with van der Waals surface area (Å²) in [6.45, 7) is 5.58. The van der Waals surface area contributed by atoms with E-state index >= 15 is 0 Å². The Labute approximate surface area is 179 Å². The van der Waals surface area contributed by atoms with Crippen LogP contribution in [-0.2, 0) is 19.1 Å². The third-order valence-corrected chi connectivity index (χ3v) is 4.71. The molecule has 1 N–H and O–H groups in total. The van der Waals surface area contributed by atoms with Crippen LogP contribution >= 0.6 is 11.6 Å². The minimum Gasteiger partial charge on any atom is -0.465 e. The second-order valence-corrected chi connectivity index (χ2v) is 7.08. The van der Waals surface area contributed by atoms with Gasteiger partial charge in [-0.05, 0) is 44.5 Å². The number of benzene rings is 2. The predicted molar refractivity (Wildman–Crippen MR) is 113 cm³/mol. The molecule has 0 saturated carbocycles. The molecule has 0 saturated heterocycles. The van der Waals surface area contributed by atoms with Gasteiger partial charge in [0.2, 0.25) is 0 Å². The van der Waals surface area contributed by atoms with Gasteiger partial charge in [-0.2, -0.15) is 4.98 Å². The Hall–Kier alpha value is -3.06. The molecule has 0 spiro atoms. The molecule has 2 aromatic carbocycles. The molecule has 1 aromatic heterocycles. The average Bonchev–Trinajstić information content (AvgIpc) is 3.10. The van der Waals surface area contributed by atoms with E-state index < -0.39 is 23.9 Å². The Morgan fingerprint density at radius 2 is 1.70 bits per heavy atom. The zero-order chi connectivity index (χ0) is 21.7. The number of anilines is 1. The zero-order valence-corrected chi connectivity index (χ0v) is 17.7. The molecule has 30 heavy (non-hydrogen) atoms. The normalized spacial score (nSPS) is 12.0. The van der Waals surface area contributed by atoms with Crippen LogP contribution in [0.1, 0.15) is 31.0 Å². The van der Waals surface area contributed by atoms with E-state index in [1.165, 1.54) is 0 Å². The largest absolute Gasteiger partial charge is 0.465 e. The summed E-state index contributed by atoms with van der Waals surface area (Å²) in [5.41, 5.74) is 2.80. The molecule has 1 atom stereocenters. The molecule has 3 aromatic rings. The number of ether oxygens (including phenoxy) is 2. The summed E-state index contributed by atoms with van der Waals surface area (Å²) in [6.07, 6.45) is 0. The molecule has 0 aliphatic rings. The number of esters is 2. The van der Waals surface area contributed by atoms with Gasteiger partial charge in [0.05, 0.1) is 19.3 Å². The number of hydrogen-bond acceptors (Lipinski definition) is 7. The maximum absolute atomic E-state index is 12.7. The van der Waals surface area contributed by atoms with E-state index in [0.29, 0.717) is 21.7 Å². The van der Waals surface area contributed by atoms with Crippen molar-refractivity contribution < 1.29 is 23.5 Å². The van der Waals surface area contributed by atoms with Crippen molar-refractivity contribution in [3.05, 3.63) is 58.6 Å². The molecule has 158 valence electrons. The number of rotatable bonds is 8. The monoisotopic (exact) mass is 430 g/mol. The average molecular weight is 431 g/mol. The maximum atomic E-state index is 12.7. The molecular formula is C22H23ClN2O5. The summed E-state index contributed by atoms with van der Waals surface area (Å²) in [7, 11) is 0. The highest BCUT2D eigenvalue weighted by molar-refractivity contribution is 6.31. The fourth-order valence-electron chi connectivity index (χ4n) is 3.06. The van der Waals surface area contributed by atoms with Crippen LogP contribution in [0.3, 0.4) is 0 Å². The standard InChI is InChI=1S/C22H23ClN2O5/c1-4-28-20(26)18(21(27)29-5-2)19(14-8-6-13(3)7-9-14)25-22-24-16-12-15(23)10-11-17(16)30-22/h6-12,18-19H,4-5H2,1-3H3,(H,24,25). The van der Waals surface area contributed by atoms with Crippen molar-refractivity contribution in [2.75, 3.05) is 18.5 Å². The predicted octanol–water partition coefficient (Wildman–Crippen LogP) is 4.69. The smallest absolute Gasteiger partial charge is 0.322 e. The van der Waals surface area contributed by atoms with Crippen LogP contribution in [0.2, 0.25) is 5.02 Å². The fraction of sp³-hybridized carbons (Fsp3) is 0.318. The van der Waals surface area contributed by atoms with Crippen molar-refractivity contribution in [2.24, 2.45) is 5.92 Å². The number of nitrogens with zero attached hydrogens (tertiary/aromatic N) is 1. The summed E-state index contributed by atoms with van der Waals surface area (Å²) in [5.74, 6) is -2.62. The van der Waals surface area contributed by atoms with Crippen LogP contribution in [0.15, 0.2) is 46.9 Å². The second kappa shape index (κ2) is 9.63. The van der Waals surface area contributed by atoms with Crippen molar-refractivity contribution in [3.63, 3.8) is 0 Å². The van der Waals surface area contributed by atoms with Crippen molar-refractivity contribution in [3.8, 4) is 0 Å². The van der Waals surface area contributed by atoms with Crippen molar-refractivity contribution >= 4 is 40.7 Å². The van der Waals surface area contributed by atoms with Crippen LogP contribution in [0, 0.1) is 12.8 Å². The Kier molecular flexibility index (Phi) is 6.95. The van der Waals surface area contributed by atoms with Crippen LogP contribution in [0.5, 0.6) is 0 Å². The van der Waals surface area contributed by atoms with Gasteiger partial charge in [-0.25, -0.2) is 0 Å². The maximum Gasteiger partial charge on any atom is 0.322 e. The SMILES string of the molecule is CCOC(=O)C(C(=O)OCC)C(Nc1nc2cc(Cl)ccc2o1)c1ccc(C)cc1. The molecule has 0 bridgehead atoms. The number of oxazole rings is 1. The topological polar surface area (TPSA) is 90.7 Å². The molecule has 0 aliphatic carbocycles. The third-order valence-electron chi connectivity index (χ3n) is 4.48. The lowest BCUT2D eigenvalue weighted by molar-refractivity contribution is -0.162. The van der Waals surface area contributed by atoms with Gasteiger partial charge in [-0.3, -0.25) is 9.59 Å². The first kappa shape index (κ1) is 21.6. The molecule has 1 heterocycles. The van der Waals surface area contributed by atoms with Gasteiger partial charge in [0, 0.05) is 5.02 Å². The Morgan fingerprint density at radius 3 is 2.30 bits per heavy atom. The quantitative estimate of drug-likeness (QED) is 0.409. The number of aromatic nitrogens is 1. The number of nitrogens with one attached hydrogen (secondary N) is 1. The first-order valence-electron chi connectivity index (χ1n) is 9.65. The summed E-state index contributed by atoms with van der Waals surface area (Å²) >= 11 is 6.02. The van der Waals surface area contributed by atoms with Gasteiger partial charge >= 0.3 is 11.9 Å². The summed E-state index contributed by atoms with van der Waals surface area (Å²) < 4.78 is 16.1. The zero-order valence-electron chi connectivity index (χ0n) is 17.0. The highest BCUT2D eigenvalue weighted by Gasteiger charge is 2.39. The minimum absolute atomic E-state index is 0.136. The van der Waals surface area contributed by atoms with E-state index in [2.05, 4.69) is 10.3 Å². The Balaban J connectivity index is 2.03. The first-order valence-corrected chi connectivity index (χ1v) is 10.0. The molecule has 0 radical (unpaired) electrons. The number of carbonyl (C=O) groups is 2. The molecule has 0 amide bonds.